The third-order valence-electron chi connectivity index (χ3n) is 5.73. The summed E-state index contributed by atoms with van der Waals surface area (Å²) in [5.41, 5.74) is 2.68. The lowest BCUT2D eigenvalue weighted by atomic mass is 9.90. The van der Waals surface area contributed by atoms with E-state index in [1.165, 1.54) is 5.56 Å². The van der Waals surface area contributed by atoms with Crippen molar-refractivity contribution in [2.75, 3.05) is 13.1 Å². The normalized spacial score (nSPS) is 16.0. The summed E-state index contributed by atoms with van der Waals surface area (Å²) in [6.45, 7) is 3.09. The number of H-pyrrole nitrogens is 1. The molecule has 2 heterocycles. The first-order valence-corrected chi connectivity index (χ1v) is 10.2. The molecule has 1 aliphatic rings. The molecule has 29 heavy (non-hydrogen) atoms. The maximum Gasteiger partial charge on any atom is 0.341 e. The largest absolute Gasteiger partial charge is 0.449 e. The number of aromatic amines is 1. The van der Waals surface area contributed by atoms with Gasteiger partial charge in [-0.1, -0.05) is 48.5 Å². The molecule has 1 N–H and O–H groups in total. The van der Waals surface area contributed by atoms with E-state index in [0.717, 1.165) is 30.2 Å². The summed E-state index contributed by atoms with van der Waals surface area (Å²) in [7, 11) is 0. The highest BCUT2D eigenvalue weighted by atomic mass is 16.5. The summed E-state index contributed by atoms with van der Waals surface area (Å²) >= 11 is 0. The molecule has 150 valence electrons. The Morgan fingerprint density at radius 2 is 1.76 bits per heavy atom. The average Bonchev–Trinajstić information content (AvgIpc) is 3.19. The van der Waals surface area contributed by atoms with Crippen molar-refractivity contribution in [3.8, 4) is 0 Å². The molecule has 1 fully saturated rings. The Morgan fingerprint density at radius 1 is 1.07 bits per heavy atom. The number of nitrogens with one attached hydrogen (secondary N) is 1. The highest BCUT2D eigenvalue weighted by molar-refractivity contribution is 6.04. The van der Waals surface area contributed by atoms with E-state index < -0.39 is 12.1 Å². The number of aromatic nitrogens is 1. The van der Waals surface area contributed by atoms with Gasteiger partial charge in [-0.2, -0.15) is 0 Å². The summed E-state index contributed by atoms with van der Waals surface area (Å²) < 4.78 is 5.49. The Morgan fingerprint density at radius 3 is 2.52 bits per heavy atom. The molecule has 1 atom stereocenters. The maximum atomic E-state index is 12.8. The zero-order valence-corrected chi connectivity index (χ0v) is 16.6. The zero-order valence-electron chi connectivity index (χ0n) is 16.6. The van der Waals surface area contributed by atoms with E-state index in [1.54, 1.807) is 13.1 Å². The third kappa shape index (κ3) is 4.34. The predicted octanol–water partition coefficient (Wildman–Crippen LogP) is 4.19. The highest BCUT2D eigenvalue weighted by Crippen LogP contribution is 2.23. The predicted molar refractivity (Wildman–Crippen MR) is 113 cm³/mol. The standard InChI is InChI=1S/C24H26N2O3/c1-17(29-24(28)21-16-25-22-10-6-5-9-20(21)22)23(27)26-13-11-19(12-14-26)15-18-7-3-2-4-8-18/h2-10,16-17,19,25H,11-15H2,1H3/t17-/m0/s1. The molecule has 0 unspecified atom stereocenters. The van der Waals surface area contributed by atoms with Gasteiger partial charge in [0, 0.05) is 30.2 Å². The molecule has 0 saturated carbocycles. The van der Waals surface area contributed by atoms with E-state index in [9.17, 15) is 9.59 Å². The fraction of sp³-hybridized carbons (Fsp3) is 0.333. The second-order valence-electron chi connectivity index (χ2n) is 7.75. The van der Waals surface area contributed by atoms with Gasteiger partial charge in [0.15, 0.2) is 6.10 Å². The first-order chi connectivity index (χ1) is 14.1. The molecule has 3 aromatic rings. The van der Waals surface area contributed by atoms with Gasteiger partial charge in [0.1, 0.15) is 0 Å². The van der Waals surface area contributed by atoms with Crippen LogP contribution in [0.2, 0.25) is 0 Å². The number of ether oxygens (including phenoxy) is 1. The van der Waals surface area contributed by atoms with Crippen molar-refractivity contribution in [2.45, 2.75) is 32.3 Å². The first-order valence-electron chi connectivity index (χ1n) is 10.2. The van der Waals surface area contributed by atoms with Gasteiger partial charge in [-0.15, -0.1) is 0 Å². The number of hydrogen-bond donors (Lipinski definition) is 1. The average molecular weight is 390 g/mol. The van der Waals surface area contributed by atoms with Crippen molar-refractivity contribution in [1.82, 2.24) is 9.88 Å². The van der Waals surface area contributed by atoms with Gasteiger partial charge in [0.05, 0.1) is 5.56 Å². The lowest BCUT2D eigenvalue weighted by molar-refractivity contribution is -0.141. The van der Waals surface area contributed by atoms with Crippen LogP contribution in [0.4, 0.5) is 0 Å². The minimum Gasteiger partial charge on any atom is -0.449 e. The Kier molecular flexibility index (Phi) is 5.65. The smallest absolute Gasteiger partial charge is 0.341 e. The molecule has 2 aromatic carbocycles. The van der Waals surface area contributed by atoms with Crippen molar-refractivity contribution in [3.63, 3.8) is 0 Å². The van der Waals surface area contributed by atoms with Gasteiger partial charge in [0.25, 0.3) is 5.91 Å². The van der Waals surface area contributed by atoms with Gasteiger partial charge in [-0.3, -0.25) is 4.79 Å². The van der Waals surface area contributed by atoms with Crippen LogP contribution >= 0.6 is 0 Å². The Labute approximate surface area is 170 Å². The second-order valence-corrected chi connectivity index (χ2v) is 7.75. The van der Waals surface area contributed by atoms with Crippen LogP contribution in [0.15, 0.2) is 60.8 Å². The zero-order chi connectivity index (χ0) is 20.2. The molecule has 0 spiro atoms. The number of esters is 1. The van der Waals surface area contributed by atoms with E-state index in [0.29, 0.717) is 24.6 Å². The molecule has 0 bridgehead atoms. The van der Waals surface area contributed by atoms with Gasteiger partial charge in [-0.05, 0) is 43.7 Å². The van der Waals surface area contributed by atoms with Crippen molar-refractivity contribution in [3.05, 3.63) is 71.9 Å². The van der Waals surface area contributed by atoms with E-state index >= 15 is 0 Å². The minimum absolute atomic E-state index is 0.114. The molecule has 1 aromatic heterocycles. The van der Waals surface area contributed by atoms with Gasteiger partial charge < -0.3 is 14.6 Å². The van der Waals surface area contributed by atoms with E-state index in [-0.39, 0.29) is 5.91 Å². The highest BCUT2D eigenvalue weighted by Gasteiger charge is 2.28. The molecule has 4 rings (SSSR count). The van der Waals surface area contributed by atoms with Crippen LogP contribution in [-0.4, -0.2) is 41.0 Å². The Balaban J connectivity index is 1.31. The molecular weight excluding hydrogens is 364 g/mol. The SMILES string of the molecule is C[C@H](OC(=O)c1c[nH]c2ccccc12)C(=O)N1CCC(Cc2ccccc2)CC1. The molecule has 1 saturated heterocycles. The van der Waals surface area contributed by atoms with Gasteiger partial charge >= 0.3 is 5.97 Å². The maximum absolute atomic E-state index is 12.8. The van der Waals surface area contributed by atoms with Crippen LogP contribution in [0.25, 0.3) is 10.9 Å². The minimum atomic E-state index is -0.790. The third-order valence-corrected chi connectivity index (χ3v) is 5.73. The topological polar surface area (TPSA) is 62.4 Å². The van der Waals surface area contributed by atoms with Crippen molar-refractivity contribution in [1.29, 1.82) is 0 Å². The Hall–Kier alpha value is -3.08. The molecule has 5 heteroatoms. The summed E-state index contributed by atoms with van der Waals surface area (Å²) in [5, 5.41) is 0.805. The number of hydrogen-bond acceptors (Lipinski definition) is 3. The number of para-hydroxylation sites is 1. The Bertz CT molecular complexity index is 988. The molecule has 0 aliphatic carbocycles. The van der Waals surface area contributed by atoms with E-state index in [2.05, 4.69) is 29.2 Å². The van der Waals surface area contributed by atoms with Gasteiger partial charge in [0.2, 0.25) is 0 Å². The van der Waals surface area contributed by atoms with Crippen molar-refractivity contribution >= 4 is 22.8 Å². The van der Waals surface area contributed by atoms with Crippen molar-refractivity contribution < 1.29 is 14.3 Å². The number of carbonyl (C=O) groups excluding carboxylic acids is 2. The second kappa shape index (κ2) is 8.52. The molecular formula is C24H26N2O3. The number of fused-ring (bicyclic) bond motifs is 1. The number of amides is 1. The van der Waals surface area contributed by atoms with Crippen LogP contribution in [-0.2, 0) is 16.0 Å². The lowest BCUT2D eigenvalue weighted by Gasteiger charge is -2.33. The van der Waals surface area contributed by atoms with Gasteiger partial charge in [-0.25, -0.2) is 4.79 Å². The number of rotatable bonds is 5. The fourth-order valence-electron chi connectivity index (χ4n) is 4.08. The van der Waals surface area contributed by atoms with Crippen LogP contribution < -0.4 is 0 Å². The number of nitrogens with zero attached hydrogens (tertiary/aromatic N) is 1. The van der Waals surface area contributed by atoms with E-state index in [1.807, 2.05) is 35.2 Å². The molecule has 0 radical (unpaired) electrons. The molecule has 1 amide bonds. The number of piperidine rings is 1. The number of likely N-dealkylation sites (tertiary alicyclic amines) is 1. The summed E-state index contributed by atoms with van der Waals surface area (Å²) in [5.74, 6) is 0.00384. The van der Waals surface area contributed by atoms with Crippen molar-refractivity contribution in [2.24, 2.45) is 5.92 Å². The van der Waals surface area contributed by atoms with Crippen LogP contribution in [0.3, 0.4) is 0 Å². The first kappa shape index (κ1) is 19.2. The summed E-state index contributed by atoms with van der Waals surface area (Å²) in [4.78, 5) is 30.2. The van der Waals surface area contributed by atoms with E-state index in [4.69, 9.17) is 4.74 Å². The summed E-state index contributed by atoms with van der Waals surface area (Å²) in [6.07, 6.45) is 3.85. The quantitative estimate of drug-likeness (QED) is 0.665. The number of carbonyl (C=O) groups is 2. The number of benzene rings is 2. The fourth-order valence-corrected chi connectivity index (χ4v) is 4.08. The monoisotopic (exact) mass is 390 g/mol. The molecule has 1 aliphatic heterocycles. The molecule has 5 nitrogen and oxygen atoms in total. The summed E-state index contributed by atoms with van der Waals surface area (Å²) in [6, 6.07) is 18.0. The lowest BCUT2D eigenvalue weighted by Crippen LogP contribution is -2.44. The van der Waals surface area contributed by atoms with Crippen LogP contribution in [0.1, 0.15) is 35.7 Å². The van der Waals surface area contributed by atoms with Crippen LogP contribution in [0.5, 0.6) is 0 Å². The van der Waals surface area contributed by atoms with Crippen LogP contribution in [0, 0.1) is 5.92 Å².